The van der Waals surface area contributed by atoms with E-state index in [-0.39, 0.29) is 29.1 Å². The third-order valence-corrected chi connectivity index (χ3v) is 6.84. The highest BCUT2D eigenvalue weighted by atomic mass is 32.2. The number of halogens is 1. The first-order chi connectivity index (χ1) is 14.9. The van der Waals surface area contributed by atoms with E-state index in [2.05, 4.69) is 10.3 Å². The van der Waals surface area contributed by atoms with Gasteiger partial charge in [-0.3, -0.25) is 14.2 Å². The number of carbonyl (C=O) groups is 1. The van der Waals surface area contributed by atoms with Gasteiger partial charge < -0.3 is 5.32 Å². The summed E-state index contributed by atoms with van der Waals surface area (Å²) < 4.78 is 14.7. The highest BCUT2D eigenvalue weighted by molar-refractivity contribution is 7.99. The van der Waals surface area contributed by atoms with Gasteiger partial charge in [-0.15, -0.1) is 11.3 Å². The summed E-state index contributed by atoms with van der Waals surface area (Å²) in [6.45, 7) is 1.93. The Bertz CT molecular complexity index is 1280. The van der Waals surface area contributed by atoms with Crippen LogP contribution in [0.1, 0.15) is 18.5 Å². The highest BCUT2D eigenvalue weighted by Crippen LogP contribution is 2.32. The monoisotopic (exact) mass is 453 g/mol. The molecule has 1 N–H and O–H groups in total. The van der Waals surface area contributed by atoms with Crippen LogP contribution in [0, 0.1) is 5.82 Å². The lowest BCUT2D eigenvalue weighted by Crippen LogP contribution is -2.28. The second-order valence-corrected chi connectivity index (χ2v) is 8.88. The predicted molar refractivity (Wildman–Crippen MR) is 124 cm³/mol. The van der Waals surface area contributed by atoms with Gasteiger partial charge >= 0.3 is 0 Å². The van der Waals surface area contributed by atoms with Crippen molar-refractivity contribution in [1.82, 2.24) is 14.9 Å². The maximum atomic E-state index is 13.3. The van der Waals surface area contributed by atoms with Gasteiger partial charge in [0.15, 0.2) is 5.16 Å². The molecule has 2 aromatic heterocycles. The molecule has 2 heterocycles. The van der Waals surface area contributed by atoms with Crippen LogP contribution in [0.5, 0.6) is 0 Å². The zero-order chi connectivity index (χ0) is 22.0. The van der Waals surface area contributed by atoms with Crippen molar-refractivity contribution in [2.45, 2.75) is 18.1 Å². The smallest absolute Gasteiger partial charge is 0.263 e. The first kappa shape index (κ1) is 21.3. The van der Waals surface area contributed by atoms with Crippen molar-refractivity contribution >= 4 is 39.2 Å². The summed E-state index contributed by atoms with van der Waals surface area (Å²) >= 11 is 2.59. The number of benzene rings is 2. The Hall–Kier alpha value is -2.97. The number of hydrogen-bond acceptors (Lipinski definition) is 5. The molecule has 4 rings (SSSR count). The van der Waals surface area contributed by atoms with Gasteiger partial charge in [-0.25, -0.2) is 9.37 Å². The lowest BCUT2D eigenvalue weighted by atomic mass is 10.1. The molecule has 1 atom stereocenters. The van der Waals surface area contributed by atoms with Gasteiger partial charge in [-0.05, 0) is 30.2 Å². The van der Waals surface area contributed by atoms with Gasteiger partial charge in [0, 0.05) is 18.0 Å². The summed E-state index contributed by atoms with van der Waals surface area (Å²) in [6.07, 6.45) is 0. The molecule has 0 unspecified atom stereocenters. The minimum Gasteiger partial charge on any atom is -0.349 e. The molecule has 0 bridgehead atoms. The second kappa shape index (κ2) is 9.03. The van der Waals surface area contributed by atoms with Crippen molar-refractivity contribution in [3.63, 3.8) is 0 Å². The molecule has 0 saturated heterocycles. The molecule has 0 aliphatic rings. The number of rotatable bonds is 6. The van der Waals surface area contributed by atoms with E-state index < -0.39 is 0 Å². The van der Waals surface area contributed by atoms with Crippen LogP contribution in [0.15, 0.2) is 69.9 Å². The first-order valence-corrected chi connectivity index (χ1v) is 11.5. The Labute approximate surface area is 187 Å². The van der Waals surface area contributed by atoms with Crippen LogP contribution < -0.4 is 10.9 Å². The second-order valence-electron chi connectivity index (χ2n) is 7.08. The van der Waals surface area contributed by atoms with E-state index in [0.717, 1.165) is 16.7 Å². The molecule has 4 aromatic rings. The van der Waals surface area contributed by atoms with Crippen LogP contribution in [0.2, 0.25) is 0 Å². The number of nitrogens with zero attached hydrogens (tertiary/aromatic N) is 2. The Morgan fingerprint density at radius 3 is 2.61 bits per heavy atom. The third kappa shape index (κ3) is 4.55. The molecule has 8 heteroatoms. The minimum absolute atomic E-state index is 0.107. The summed E-state index contributed by atoms with van der Waals surface area (Å²) in [6, 6.07) is 15.7. The van der Waals surface area contributed by atoms with E-state index >= 15 is 0 Å². The van der Waals surface area contributed by atoms with Crippen molar-refractivity contribution in [2.75, 3.05) is 5.75 Å². The number of aromatic nitrogens is 2. The van der Waals surface area contributed by atoms with Gasteiger partial charge in [-0.1, -0.05) is 54.2 Å². The average Bonchev–Trinajstić information content (AvgIpc) is 3.20. The molecule has 2 aromatic carbocycles. The topological polar surface area (TPSA) is 64.0 Å². The molecule has 0 fully saturated rings. The SMILES string of the molecule is C[C@H](NC(=O)CSc1nc2scc(-c3ccc(F)cc3)c2c(=O)n1C)c1ccccc1. The van der Waals surface area contributed by atoms with E-state index in [9.17, 15) is 14.0 Å². The number of thioether (sulfide) groups is 1. The standard InChI is InChI=1S/C23H20FN3O2S2/c1-14(15-6-4-3-5-7-15)25-19(28)13-31-23-26-21-20(22(29)27(23)2)18(12-30-21)16-8-10-17(24)11-9-16/h3-12,14H,13H2,1-2H3,(H,25,28)/t14-/m0/s1. The van der Waals surface area contributed by atoms with Crippen molar-refractivity contribution in [2.24, 2.45) is 7.05 Å². The molecule has 0 saturated carbocycles. The zero-order valence-electron chi connectivity index (χ0n) is 17.0. The van der Waals surface area contributed by atoms with Crippen molar-refractivity contribution < 1.29 is 9.18 Å². The van der Waals surface area contributed by atoms with Crippen LogP contribution >= 0.6 is 23.1 Å². The summed E-state index contributed by atoms with van der Waals surface area (Å²) in [7, 11) is 1.65. The summed E-state index contributed by atoms with van der Waals surface area (Å²) in [5.41, 5.74) is 2.34. The Balaban J connectivity index is 1.52. The minimum atomic E-state index is -0.326. The quantitative estimate of drug-likeness (QED) is 0.337. The van der Waals surface area contributed by atoms with E-state index in [4.69, 9.17) is 0 Å². The number of fused-ring (bicyclic) bond motifs is 1. The molecule has 5 nitrogen and oxygen atoms in total. The summed E-state index contributed by atoms with van der Waals surface area (Å²) in [5, 5.41) is 5.81. The maximum Gasteiger partial charge on any atom is 0.263 e. The van der Waals surface area contributed by atoms with E-state index in [1.807, 2.05) is 42.6 Å². The van der Waals surface area contributed by atoms with Crippen LogP contribution in [-0.4, -0.2) is 21.2 Å². The Kier molecular flexibility index (Phi) is 6.20. The van der Waals surface area contributed by atoms with Gasteiger partial charge in [0.2, 0.25) is 5.91 Å². The van der Waals surface area contributed by atoms with Gasteiger partial charge in [-0.2, -0.15) is 0 Å². The van der Waals surface area contributed by atoms with E-state index in [1.165, 1.54) is 39.8 Å². The maximum absolute atomic E-state index is 13.3. The number of thiophene rings is 1. The van der Waals surface area contributed by atoms with Crippen LogP contribution in [0.4, 0.5) is 4.39 Å². The number of carbonyl (C=O) groups excluding carboxylic acids is 1. The average molecular weight is 454 g/mol. The van der Waals surface area contributed by atoms with Crippen molar-refractivity contribution in [1.29, 1.82) is 0 Å². The van der Waals surface area contributed by atoms with Crippen molar-refractivity contribution in [3.8, 4) is 11.1 Å². The fourth-order valence-electron chi connectivity index (χ4n) is 3.26. The van der Waals surface area contributed by atoms with Crippen LogP contribution in [0.25, 0.3) is 21.3 Å². The fourth-order valence-corrected chi connectivity index (χ4v) is 5.03. The molecule has 0 aliphatic heterocycles. The van der Waals surface area contributed by atoms with E-state index in [1.54, 1.807) is 19.2 Å². The zero-order valence-corrected chi connectivity index (χ0v) is 18.6. The summed E-state index contributed by atoms with van der Waals surface area (Å²) in [5.74, 6) is -0.305. The molecular formula is C23H20FN3O2S2. The molecular weight excluding hydrogens is 433 g/mol. The number of amides is 1. The van der Waals surface area contributed by atoms with Crippen molar-refractivity contribution in [3.05, 3.63) is 81.7 Å². The molecule has 0 spiro atoms. The Morgan fingerprint density at radius 2 is 1.90 bits per heavy atom. The third-order valence-electron chi connectivity index (χ3n) is 4.94. The Morgan fingerprint density at radius 1 is 1.19 bits per heavy atom. The van der Waals surface area contributed by atoms with Crippen LogP contribution in [0.3, 0.4) is 0 Å². The predicted octanol–water partition coefficient (Wildman–Crippen LogP) is 4.77. The van der Waals surface area contributed by atoms with Crippen LogP contribution in [-0.2, 0) is 11.8 Å². The molecule has 158 valence electrons. The van der Waals surface area contributed by atoms with Gasteiger partial charge in [0.25, 0.3) is 5.56 Å². The largest absolute Gasteiger partial charge is 0.349 e. The first-order valence-electron chi connectivity index (χ1n) is 9.65. The lowest BCUT2D eigenvalue weighted by Gasteiger charge is -2.14. The highest BCUT2D eigenvalue weighted by Gasteiger charge is 2.17. The number of hydrogen-bond donors (Lipinski definition) is 1. The molecule has 1 amide bonds. The normalized spacial score (nSPS) is 12.1. The summed E-state index contributed by atoms with van der Waals surface area (Å²) in [4.78, 5) is 30.6. The molecule has 0 radical (unpaired) electrons. The molecule has 0 aliphatic carbocycles. The lowest BCUT2D eigenvalue weighted by molar-refractivity contribution is -0.119. The fraction of sp³-hybridized carbons (Fsp3) is 0.174. The van der Waals surface area contributed by atoms with Gasteiger partial charge in [0.05, 0.1) is 17.2 Å². The molecule has 31 heavy (non-hydrogen) atoms. The van der Waals surface area contributed by atoms with E-state index in [0.29, 0.717) is 15.4 Å². The van der Waals surface area contributed by atoms with Gasteiger partial charge in [0.1, 0.15) is 10.6 Å². The number of nitrogens with one attached hydrogen (secondary N) is 1.